The first-order chi connectivity index (χ1) is 8.76. The van der Waals surface area contributed by atoms with E-state index in [2.05, 4.69) is 31.0 Å². The normalized spacial score (nSPS) is 19.5. The standard InChI is InChI=1S/C16H34N2/c1-4-16(5-2,14-17-6-3)15-18-12-10-8-7-9-11-13-18/h17H,4-15H2,1-3H3. The molecule has 1 rings (SSSR count). The van der Waals surface area contributed by atoms with Gasteiger partial charge < -0.3 is 10.2 Å². The van der Waals surface area contributed by atoms with Crippen LogP contribution in [0.2, 0.25) is 0 Å². The van der Waals surface area contributed by atoms with Crippen molar-refractivity contribution in [3.63, 3.8) is 0 Å². The number of rotatable bonds is 7. The van der Waals surface area contributed by atoms with Crippen LogP contribution < -0.4 is 5.32 Å². The van der Waals surface area contributed by atoms with E-state index in [0.717, 1.165) is 6.54 Å². The predicted molar refractivity (Wildman–Crippen MR) is 81.1 cm³/mol. The molecule has 0 atom stereocenters. The molecule has 108 valence electrons. The number of nitrogens with zero attached hydrogens (tertiary/aromatic N) is 1. The highest BCUT2D eigenvalue weighted by Gasteiger charge is 2.28. The maximum absolute atomic E-state index is 3.58. The van der Waals surface area contributed by atoms with E-state index in [-0.39, 0.29) is 0 Å². The molecule has 0 amide bonds. The molecule has 1 aliphatic rings. The van der Waals surface area contributed by atoms with Gasteiger partial charge in [-0.15, -0.1) is 0 Å². The van der Waals surface area contributed by atoms with Crippen LogP contribution in [0.25, 0.3) is 0 Å². The van der Waals surface area contributed by atoms with Gasteiger partial charge in [-0.3, -0.25) is 0 Å². The fourth-order valence-electron chi connectivity index (χ4n) is 3.12. The van der Waals surface area contributed by atoms with Crippen LogP contribution in [0.3, 0.4) is 0 Å². The fourth-order valence-corrected chi connectivity index (χ4v) is 3.12. The van der Waals surface area contributed by atoms with Crippen molar-refractivity contribution < 1.29 is 0 Å². The molecule has 2 heteroatoms. The van der Waals surface area contributed by atoms with Gasteiger partial charge in [0.1, 0.15) is 0 Å². The number of nitrogens with one attached hydrogen (secondary N) is 1. The van der Waals surface area contributed by atoms with E-state index in [1.807, 2.05) is 0 Å². The molecule has 1 N–H and O–H groups in total. The third-order valence-electron chi connectivity index (χ3n) is 4.76. The summed E-state index contributed by atoms with van der Waals surface area (Å²) >= 11 is 0. The summed E-state index contributed by atoms with van der Waals surface area (Å²) in [5.41, 5.74) is 0.495. The predicted octanol–water partition coefficient (Wildman–Crippen LogP) is 3.67. The minimum atomic E-state index is 0.495. The molecule has 18 heavy (non-hydrogen) atoms. The van der Waals surface area contributed by atoms with Gasteiger partial charge in [-0.25, -0.2) is 0 Å². The molecule has 0 aromatic carbocycles. The summed E-state index contributed by atoms with van der Waals surface area (Å²) in [7, 11) is 0. The molecule has 0 saturated carbocycles. The van der Waals surface area contributed by atoms with Gasteiger partial charge in [0.25, 0.3) is 0 Å². The van der Waals surface area contributed by atoms with Crippen LogP contribution in [0.15, 0.2) is 0 Å². The van der Waals surface area contributed by atoms with Crippen molar-refractivity contribution >= 4 is 0 Å². The van der Waals surface area contributed by atoms with E-state index in [1.165, 1.54) is 71.1 Å². The van der Waals surface area contributed by atoms with Crippen LogP contribution in [0, 0.1) is 5.41 Å². The summed E-state index contributed by atoms with van der Waals surface area (Å²) < 4.78 is 0. The van der Waals surface area contributed by atoms with Crippen LogP contribution in [0.4, 0.5) is 0 Å². The number of hydrogen-bond donors (Lipinski definition) is 1. The van der Waals surface area contributed by atoms with Crippen molar-refractivity contribution in [3.05, 3.63) is 0 Å². The molecule has 0 aromatic rings. The van der Waals surface area contributed by atoms with Gasteiger partial charge in [0.2, 0.25) is 0 Å². The van der Waals surface area contributed by atoms with Gasteiger partial charge >= 0.3 is 0 Å². The summed E-state index contributed by atoms with van der Waals surface area (Å²) in [5.74, 6) is 0. The molecular weight excluding hydrogens is 220 g/mol. The van der Waals surface area contributed by atoms with Crippen LogP contribution in [0.5, 0.6) is 0 Å². The maximum Gasteiger partial charge on any atom is 0.00499 e. The molecule has 0 unspecified atom stereocenters. The Morgan fingerprint density at radius 2 is 1.44 bits per heavy atom. The third kappa shape index (κ3) is 5.27. The molecule has 0 spiro atoms. The molecule has 2 nitrogen and oxygen atoms in total. The van der Waals surface area contributed by atoms with E-state index >= 15 is 0 Å². The van der Waals surface area contributed by atoms with Crippen molar-refractivity contribution in [2.75, 3.05) is 32.7 Å². The second-order valence-corrected chi connectivity index (χ2v) is 6.03. The third-order valence-corrected chi connectivity index (χ3v) is 4.76. The van der Waals surface area contributed by atoms with Gasteiger partial charge in [-0.2, -0.15) is 0 Å². The Morgan fingerprint density at radius 3 is 1.94 bits per heavy atom. The van der Waals surface area contributed by atoms with Crippen LogP contribution >= 0.6 is 0 Å². The van der Waals surface area contributed by atoms with Gasteiger partial charge in [0.15, 0.2) is 0 Å². The lowest BCUT2D eigenvalue weighted by Gasteiger charge is -2.38. The molecule has 0 bridgehead atoms. The molecular formula is C16H34N2. The first kappa shape index (κ1) is 16.0. The Labute approximate surface area is 115 Å². The zero-order chi connectivity index (χ0) is 13.3. The second kappa shape index (κ2) is 8.92. The zero-order valence-electron chi connectivity index (χ0n) is 12.9. The van der Waals surface area contributed by atoms with E-state index < -0.39 is 0 Å². The molecule has 0 aromatic heterocycles. The first-order valence-corrected chi connectivity index (χ1v) is 8.19. The molecule has 1 heterocycles. The molecule has 0 aliphatic carbocycles. The van der Waals surface area contributed by atoms with E-state index in [4.69, 9.17) is 0 Å². The lowest BCUT2D eigenvalue weighted by molar-refractivity contribution is 0.126. The summed E-state index contributed by atoms with van der Waals surface area (Å²) in [4.78, 5) is 2.74. The number of likely N-dealkylation sites (tertiary alicyclic amines) is 1. The van der Waals surface area contributed by atoms with Gasteiger partial charge in [0.05, 0.1) is 0 Å². The molecule has 1 fully saturated rings. The van der Waals surface area contributed by atoms with Gasteiger partial charge in [-0.1, -0.05) is 40.0 Å². The van der Waals surface area contributed by atoms with Crippen LogP contribution in [-0.2, 0) is 0 Å². The lowest BCUT2D eigenvalue weighted by atomic mass is 9.81. The molecule has 1 saturated heterocycles. The maximum atomic E-state index is 3.58. The fraction of sp³-hybridized carbons (Fsp3) is 1.00. The Balaban J connectivity index is 2.51. The van der Waals surface area contributed by atoms with Crippen molar-refractivity contribution in [3.8, 4) is 0 Å². The van der Waals surface area contributed by atoms with E-state index in [9.17, 15) is 0 Å². The van der Waals surface area contributed by atoms with Crippen LogP contribution in [-0.4, -0.2) is 37.6 Å². The summed E-state index contributed by atoms with van der Waals surface area (Å²) in [6.07, 6.45) is 9.75. The Kier molecular flexibility index (Phi) is 7.92. The highest BCUT2D eigenvalue weighted by atomic mass is 15.1. The highest BCUT2D eigenvalue weighted by molar-refractivity contribution is 4.83. The monoisotopic (exact) mass is 254 g/mol. The SMILES string of the molecule is CCNCC(CC)(CC)CN1CCCCCCC1. The van der Waals surface area contributed by atoms with E-state index in [0.29, 0.717) is 5.41 Å². The topological polar surface area (TPSA) is 15.3 Å². The molecule has 0 radical (unpaired) electrons. The minimum absolute atomic E-state index is 0.495. The largest absolute Gasteiger partial charge is 0.316 e. The summed E-state index contributed by atoms with van der Waals surface area (Å²) in [6, 6.07) is 0. The molecule has 1 aliphatic heterocycles. The second-order valence-electron chi connectivity index (χ2n) is 6.03. The summed E-state index contributed by atoms with van der Waals surface area (Å²) in [5, 5.41) is 3.58. The quantitative estimate of drug-likeness (QED) is 0.746. The van der Waals surface area contributed by atoms with Crippen LogP contribution in [0.1, 0.15) is 65.7 Å². The smallest absolute Gasteiger partial charge is 0.00499 e. The lowest BCUT2D eigenvalue weighted by Crippen LogP contribution is -2.44. The average Bonchev–Trinajstić information content (AvgIpc) is 2.37. The Morgan fingerprint density at radius 1 is 0.889 bits per heavy atom. The van der Waals surface area contributed by atoms with Crippen molar-refractivity contribution in [2.24, 2.45) is 5.41 Å². The first-order valence-electron chi connectivity index (χ1n) is 8.19. The highest BCUT2D eigenvalue weighted by Crippen LogP contribution is 2.27. The van der Waals surface area contributed by atoms with Crippen molar-refractivity contribution in [2.45, 2.75) is 65.7 Å². The van der Waals surface area contributed by atoms with Crippen molar-refractivity contribution in [1.29, 1.82) is 0 Å². The Bertz CT molecular complexity index is 191. The summed E-state index contributed by atoms with van der Waals surface area (Å²) in [6.45, 7) is 13.2. The number of hydrogen-bond acceptors (Lipinski definition) is 2. The Hall–Kier alpha value is -0.0800. The average molecular weight is 254 g/mol. The van der Waals surface area contributed by atoms with Gasteiger partial charge in [-0.05, 0) is 50.7 Å². The van der Waals surface area contributed by atoms with Gasteiger partial charge in [0, 0.05) is 13.1 Å². The van der Waals surface area contributed by atoms with Crippen molar-refractivity contribution in [1.82, 2.24) is 10.2 Å². The minimum Gasteiger partial charge on any atom is -0.316 e. The zero-order valence-corrected chi connectivity index (χ0v) is 12.9. The van der Waals surface area contributed by atoms with E-state index in [1.54, 1.807) is 0 Å².